The Hall–Kier alpha value is -2.45. The second kappa shape index (κ2) is 10.2. The summed E-state index contributed by atoms with van der Waals surface area (Å²) in [5.74, 6) is 2.34. The van der Waals surface area contributed by atoms with Crippen LogP contribution in [0.5, 0.6) is 17.2 Å². The predicted octanol–water partition coefficient (Wildman–Crippen LogP) is 2.46. The van der Waals surface area contributed by atoms with E-state index in [1.54, 1.807) is 38.3 Å². The van der Waals surface area contributed by atoms with Crippen molar-refractivity contribution in [1.29, 1.82) is 0 Å². The SMILES string of the molecule is COc1ccc(Cn2nccc2NC(=O)CC2CCCN2)c(OC)c1OC.Cl. The number of methoxy groups -OCH3 is 3. The molecule has 2 N–H and O–H groups in total. The number of anilines is 1. The largest absolute Gasteiger partial charge is 0.493 e. The molecule has 1 aromatic carbocycles. The van der Waals surface area contributed by atoms with Crippen molar-refractivity contribution in [2.24, 2.45) is 0 Å². The fourth-order valence-corrected chi connectivity index (χ4v) is 3.36. The first-order valence-electron chi connectivity index (χ1n) is 8.99. The van der Waals surface area contributed by atoms with Gasteiger partial charge in [-0.2, -0.15) is 5.10 Å². The molecule has 0 bridgehead atoms. The molecule has 1 aliphatic heterocycles. The number of aromatic nitrogens is 2. The highest BCUT2D eigenvalue weighted by atomic mass is 35.5. The molecule has 1 unspecified atom stereocenters. The average molecular weight is 411 g/mol. The molecule has 1 amide bonds. The standard InChI is InChI=1S/C19H26N4O4.ClH/c1-25-15-7-6-13(18(26-2)19(15)27-3)12-23-16(8-10-21-23)22-17(24)11-14-5-4-9-20-14;/h6-8,10,14,20H,4-5,9,11-12H2,1-3H3,(H,22,24);1H. The van der Waals surface area contributed by atoms with E-state index in [1.165, 1.54) is 0 Å². The lowest BCUT2D eigenvalue weighted by molar-refractivity contribution is -0.116. The Balaban J connectivity index is 0.00000280. The number of nitrogens with one attached hydrogen (secondary N) is 2. The van der Waals surface area contributed by atoms with Crippen LogP contribution >= 0.6 is 12.4 Å². The van der Waals surface area contributed by atoms with Crippen molar-refractivity contribution >= 4 is 24.1 Å². The maximum absolute atomic E-state index is 12.3. The molecule has 2 aromatic rings. The minimum atomic E-state index is -0.0181. The van der Waals surface area contributed by atoms with Crippen molar-refractivity contribution < 1.29 is 19.0 Å². The number of hydrogen-bond acceptors (Lipinski definition) is 6. The summed E-state index contributed by atoms with van der Waals surface area (Å²) in [5.41, 5.74) is 0.867. The molecule has 2 heterocycles. The number of rotatable bonds is 8. The van der Waals surface area contributed by atoms with Crippen LogP contribution < -0.4 is 24.8 Å². The van der Waals surface area contributed by atoms with Crippen molar-refractivity contribution in [2.45, 2.75) is 31.8 Å². The molecule has 8 nitrogen and oxygen atoms in total. The summed E-state index contributed by atoms with van der Waals surface area (Å²) >= 11 is 0. The van der Waals surface area contributed by atoms with Crippen LogP contribution in [0.15, 0.2) is 24.4 Å². The minimum Gasteiger partial charge on any atom is -0.493 e. The highest BCUT2D eigenvalue weighted by molar-refractivity contribution is 5.90. The Bertz CT molecular complexity index is 790. The van der Waals surface area contributed by atoms with Crippen molar-refractivity contribution in [1.82, 2.24) is 15.1 Å². The lowest BCUT2D eigenvalue weighted by atomic mass is 10.1. The Morgan fingerprint density at radius 3 is 2.64 bits per heavy atom. The monoisotopic (exact) mass is 410 g/mol. The van der Waals surface area contributed by atoms with Gasteiger partial charge in [0, 0.05) is 24.1 Å². The number of hydrogen-bond donors (Lipinski definition) is 2. The number of carbonyl (C=O) groups excluding carboxylic acids is 1. The summed E-state index contributed by atoms with van der Waals surface area (Å²) in [6.45, 7) is 1.41. The van der Waals surface area contributed by atoms with E-state index in [9.17, 15) is 4.79 Å². The third kappa shape index (κ3) is 4.88. The summed E-state index contributed by atoms with van der Waals surface area (Å²) in [6, 6.07) is 5.76. The summed E-state index contributed by atoms with van der Waals surface area (Å²) in [4.78, 5) is 12.3. The lowest BCUT2D eigenvalue weighted by Crippen LogP contribution is -2.28. The zero-order valence-corrected chi connectivity index (χ0v) is 17.2. The van der Waals surface area contributed by atoms with Gasteiger partial charge in [-0.15, -0.1) is 12.4 Å². The number of benzene rings is 1. The summed E-state index contributed by atoms with van der Waals surface area (Å²) in [6.07, 6.45) is 4.28. The first-order chi connectivity index (χ1) is 13.2. The van der Waals surface area contributed by atoms with Crippen LogP contribution in [0.1, 0.15) is 24.8 Å². The van der Waals surface area contributed by atoms with Crippen LogP contribution in [0.4, 0.5) is 5.82 Å². The van der Waals surface area contributed by atoms with Gasteiger partial charge in [-0.25, -0.2) is 4.68 Å². The normalized spacial score (nSPS) is 15.6. The number of nitrogens with zero attached hydrogens (tertiary/aromatic N) is 2. The first-order valence-corrected chi connectivity index (χ1v) is 8.99. The van der Waals surface area contributed by atoms with Crippen LogP contribution in [0, 0.1) is 0 Å². The van der Waals surface area contributed by atoms with Gasteiger partial charge in [0.25, 0.3) is 0 Å². The molecule has 1 aliphatic rings. The molecule has 0 spiro atoms. The van der Waals surface area contributed by atoms with E-state index in [4.69, 9.17) is 14.2 Å². The van der Waals surface area contributed by atoms with Crippen LogP contribution in [0.2, 0.25) is 0 Å². The highest BCUT2D eigenvalue weighted by Gasteiger charge is 2.20. The van der Waals surface area contributed by atoms with Gasteiger partial charge in [0.15, 0.2) is 11.5 Å². The molecule has 0 saturated carbocycles. The molecule has 1 saturated heterocycles. The smallest absolute Gasteiger partial charge is 0.227 e. The van der Waals surface area contributed by atoms with E-state index in [-0.39, 0.29) is 24.4 Å². The fourth-order valence-electron chi connectivity index (χ4n) is 3.36. The van der Waals surface area contributed by atoms with Crippen molar-refractivity contribution in [3.63, 3.8) is 0 Å². The van der Waals surface area contributed by atoms with Gasteiger partial charge < -0.3 is 24.8 Å². The van der Waals surface area contributed by atoms with Gasteiger partial charge in [0.2, 0.25) is 11.7 Å². The average Bonchev–Trinajstić information content (AvgIpc) is 3.33. The van der Waals surface area contributed by atoms with E-state index in [0.717, 1.165) is 24.9 Å². The topological polar surface area (TPSA) is 86.6 Å². The number of amides is 1. The molecular weight excluding hydrogens is 384 g/mol. The molecule has 154 valence electrons. The van der Waals surface area contributed by atoms with E-state index < -0.39 is 0 Å². The number of halogens is 1. The summed E-state index contributed by atoms with van der Waals surface area (Å²) < 4.78 is 18.0. The van der Waals surface area contributed by atoms with Gasteiger partial charge in [-0.1, -0.05) is 0 Å². The maximum atomic E-state index is 12.3. The quantitative estimate of drug-likeness (QED) is 0.695. The third-order valence-corrected chi connectivity index (χ3v) is 4.68. The van der Waals surface area contributed by atoms with E-state index >= 15 is 0 Å². The molecule has 1 fully saturated rings. The fraction of sp³-hybridized carbons (Fsp3) is 0.474. The minimum absolute atomic E-state index is 0. The predicted molar refractivity (Wildman–Crippen MR) is 109 cm³/mol. The van der Waals surface area contributed by atoms with Gasteiger partial charge in [-0.05, 0) is 31.5 Å². The second-order valence-electron chi connectivity index (χ2n) is 6.41. The van der Waals surface area contributed by atoms with Crippen LogP contribution in [-0.4, -0.2) is 49.6 Å². The van der Waals surface area contributed by atoms with Crippen LogP contribution in [0.25, 0.3) is 0 Å². The van der Waals surface area contributed by atoms with Gasteiger partial charge in [0.05, 0.1) is 34.1 Å². The summed E-state index contributed by atoms with van der Waals surface area (Å²) in [5, 5.41) is 10.6. The third-order valence-electron chi connectivity index (χ3n) is 4.68. The van der Waals surface area contributed by atoms with E-state index in [0.29, 0.717) is 36.0 Å². The van der Waals surface area contributed by atoms with Crippen LogP contribution in [-0.2, 0) is 11.3 Å². The molecule has 28 heavy (non-hydrogen) atoms. The van der Waals surface area contributed by atoms with Crippen molar-refractivity contribution in [3.8, 4) is 17.2 Å². The number of carbonyl (C=O) groups is 1. The molecule has 1 atom stereocenters. The molecular formula is C19H27ClN4O4. The van der Waals surface area contributed by atoms with Gasteiger partial charge in [-0.3, -0.25) is 4.79 Å². The zero-order valence-electron chi connectivity index (χ0n) is 16.4. The Morgan fingerprint density at radius 1 is 1.21 bits per heavy atom. The molecule has 0 aliphatic carbocycles. The summed E-state index contributed by atoms with van der Waals surface area (Å²) in [7, 11) is 4.74. The molecule has 1 aromatic heterocycles. The Morgan fingerprint density at radius 2 is 2.00 bits per heavy atom. The van der Waals surface area contributed by atoms with Crippen LogP contribution in [0.3, 0.4) is 0 Å². The Labute approximate surface area is 170 Å². The van der Waals surface area contributed by atoms with Crippen molar-refractivity contribution in [2.75, 3.05) is 33.2 Å². The van der Waals surface area contributed by atoms with Gasteiger partial charge >= 0.3 is 0 Å². The zero-order chi connectivity index (χ0) is 19.2. The van der Waals surface area contributed by atoms with E-state index in [2.05, 4.69) is 15.7 Å². The molecule has 3 rings (SSSR count). The highest BCUT2D eigenvalue weighted by Crippen LogP contribution is 2.40. The molecule has 0 radical (unpaired) electrons. The second-order valence-corrected chi connectivity index (χ2v) is 6.41. The maximum Gasteiger partial charge on any atom is 0.227 e. The molecule has 9 heteroatoms. The van der Waals surface area contributed by atoms with Crippen molar-refractivity contribution in [3.05, 3.63) is 30.0 Å². The first kappa shape index (κ1) is 21.8. The lowest BCUT2D eigenvalue weighted by Gasteiger charge is -2.17. The Kier molecular flexibility index (Phi) is 7.95. The number of ether oxygens (including phenoxy) is 3. The van der Waals surface area contributed by atoms with E-state index in [1.807, 2.05) is 12.1 Å². The van der Waals surface area contributed by atoms with Gasteiger partial charge in [0.1, 0.15) is 5.82 Å².